The molecule has 2 aliphatic heterocycles. The summed E-state index contributed by atoms with van der Waals surface area (Å²) < 4.78 is 10.6. The standard InChI is InChI=1S/C17H19N3O3/c21-17(14-9-13-3-1-2-4-15(13)22-10-14)20-7-5-12(6-8-20)16-18-11-23-19-16/h1-4,11-12,14H,5-10H2/t14-/m1/s1. The number of hydrogen-bond donors (Lipinski definition) is 0. The van der Waals surface area contributed by atoms with Gasteiger partial charge in [-0.15, -0.1) is 0 Å². The van der Waals surface area contributed by atoms with Gasteiger partial charge in [0, 0.05) is 19.0 Å². The second kappa shape index (κ2) is 6.02. The molecule has 6 nitrogen and oxygen atoms in total. The molecule has 0 unspecified atom stereocenters. The van der Waals surface area contributed by atoms with Gasteiger partial charge in [0.2, 0.25) is 12.3 Å². The number of carbonyl (C=O) groups is 1. The Balaban J connectivity index is 1.37. The van der Waals surface area contributed by atoms with Gasteiger partial charge >= 0.3 is 0 Å². The molecule has 0 aliphatic carbocycles. The Labute approximate surface area is 134 Å². The Hall–Kier alpha value is -2.37. The molecule has 1 aromatic heterocycles. The van der Waals surface area contributed by atoms with Crippen molar-refractivity contribution in [2.24, 2.45) is 5.92 Å². The first kappa shape index (κ1) is 14.2. The normalized spacial score (nSPS) is 21.6. The van der Waals surface area contributed by atoms with Crippen LogP contribution >= 0.6 is 0 Å². The van der Waals surface area contributed by atoms with Crippen molar-refractivity contribution in [3.05, 3.63) is 42.0 Å². The van der Waals surface area contributed by atoms with Crippen LogP contribution in [0.5, 0.6) is 5.75 Å². The quantitative estimate of drug-likeness (QED) is 0.848. The van der Waals surface area contributed by atoms with Gasteiger partial charge < -0.3 is 14.2 Å². The molecule has 0 saturated carbocycles. The van der Waals surface area contributed by atoms with E-state index in [9.17, 15) is 4.79 Å². The maximum Gasteiger partial charge on any atom is 0.229 e. The summed E-state index contributed by atoms with van der Waals surface area (Å²) >= 11 is 0. The molecule has 2 aromatic rings. The van der Waals surface area contributed by atoms with Crippen LogP contribution in [0.25, 0.3) is 0 Å². The molecule has 1 atom stereocenters. The molecule has 23 heavy (non-hydrogen) atoms. The molecule has 0 spiro atoms. The predicted molar refractivity (Wildman–Crippen MR) is 82.0 cm³/mol. The number of hydrogen-bond acceptors (Lipinski definition) is 5. The number of para-hydroxylation sites is 1. The van der Waals surface area contributed by atoms with Gasteiger partial charge in [-0.1, -0.05) is 23.4 Å². The number of ether oxygens (including phenoxy) is 1. The summed E-state index contributed by atoms with van der Waals surface area (Å²) in [5.41, 5.74) is 1.12. The average molecular weight is 313 g/mol. The fourth-order valence-electron chi connectivity index (χ4n) is 3.46. The van der Waals surface area contributed by atoms with Gasteiger partial charge in [0.05, 0.1) is 5.92 Å². The highest BCUT2D eigenvalue weighted by Crippen LogP contribution is 2.30. The fraction of sp³-hybridized carbons (Fsp3) is 0.471. The minimum absolute atomic E-state index is 0.0772. The van der Waals surface area contributed by atoms with Crippen molar-refractivity contribution in [3.8, 4) is 5.75 Å². The molecule has 0 radical (unpaired) electrons. The molecule has 6 heteroatoms. The van der Waals surface area contributed by atoms with Crippen LogP contribution in [-0.2, 0) is 11.2 Å². The first-order valence-corrected chi connectivity index (χ1v) is 8.07. The highest BCUT2D eigenvalue weighted by molar-refractivity contribution is 5.80. The fourth-order valence-corrected chi connectivity index (χ4v) is 3.46. The molecule has 0 N–H and O–H groups in total. The van der Waals surface area contributed by atoms with Crippen molar-refractivity contribution in [2.75, 3.05) is 19.7 Å². The molecule has 2 aliphatic rings. The third-order valence-electron chi connectivity index (χ3n) is 4.78. The number of likely N-dealkylation sites (tertiary alicyclic amines) is 1. The van der Waals surface area contributed by atoms with Crippen LogP contribution < -0.4 is 4.74 Å². The van der Waals surface area contributed by atoms with Gasteiger partial charge in [0.25, 0.3) is 0 Å². The molecule has 1 amide bonds. The second-order valence-corrected chi connectivity index (χ2v) is 6.21. The zero-order valence-electron chi connectivity index (χ0n) is 12.9. The molecular weight excluding hydrogens is 294 g/mol. The minimum Gasteiger partial charge on any atom is -0.492 e. The number of aromatic nitrogens is 2. The van der Waals surface area contributed by atoms with Crippen molar-refractivity contribution in [2.45, 2.75) is 25.2 Å². The van der Waals surface area contributed by atoms with Gasteiger partial charge in [-0.05, 0) is 30.9 Å². The zero-order chi connectivity index (χ0) is 15.6. The van der Waals surface area contributed by atoms with E-state index in [4.69, 9.17) is 9.26 Å². The molecule has 1 saturated heterocycles. The summed E-state index contributed by atoms with van der Waals surface area (Å²) in [5, 5.41) is 3.92. The van der Waals surface area contributed by atoms with Crippen molar-refractivity contribution < 1.29 is 14.1 Å². The van der Waals surface area contributed by atoms with Crippen LogP contribution in [0, 0.1) is 5.92 Å². The topological polar surface area (TPSA) is 68.5 Å². The van der Waals surface area contributed by atoms with E-state index < -0.39 is 0 Å². The molecular formula is C17H19N3O3. The summed E-state index contributed by atoms with van der Waals surface area (Å²) in [4.78, 5) is 18.8. The lowest BCUT2D eigenvalue weighted by atomic mass is 9.92. The molecule has 1 fully saturated rings. The Morgan fingerprint density at radius 2 is 2.04 bits per heavy atom. The van der Waals surface area contributed by atoms with Crippen molar-refractivity contribution >= 4 is 5.91 Å². The number of nitrogens with zero attached hydrogens (tertiary/aromatic N) is 3. The second-order valence-electron chi connectivity index (χ2n) is 6.21. The van der Waals surface area contributed by atoms with E-state index >= 15 is 0 Å². The average Bonchev–Trinajstić information content (AvgIpc) is 3.15. The number of amides is 1. The number of rotatable bonds is 2. The van der Waals surface area contributed by atoms with Gasteiger partial charge in [-0.25, -0.2) is 0 Å². The summed E-state index contributed by atoms with van der Waals surface area (Å²) in [6.45, 7) is 1.97. The monoisotopic (exact) mass is 313 g/mol. The van der Waals surface area contributed by atoms with E-state index in [0.29, 0.717) is 12.5 Å². The lowest BCUT2D eigenvalue weighted by molar-refractivity contribution is -0.138. The first-order valence-electron chi connectivity index (χ1n) is 8.07. The summed E-state index contributed by atoms with van der Waals surface area (Å²) in [6.07, 6.45) is 3.90. The molecule has 4 rings (SSSR count). The number of benzene rings is 1. The van der Waals surface area contributed by atoms with Gasteiger partial charge in [-0.3, -0.25) is 4.79 Å². The number of piperidine rings is 1. The van der Waals surface area contributed by atoms with E-state index in [1.54, 1.807) is 0 Å². The number of carbonyl (C=O) groups excluding carboxylic acids is 1. The van der Waals surface area contributed by atoms with E-state index in [0.717, 1.165) is 49.5 Å². The largest absolute Gasteiger partial charge is 0.492 e. The summed E-state index contributed by atoms with van der Waals surface area (Å²) in [6, 6.07) is 7.96. The minimum atomic E-state index is -0.0772. The molecule has 3 heterocycles. The maximum atomic E-state index is 12.8. The van der Waals surface area contributed by atoms with E-state index in [2.05, 4.69) is 10.1 Å². The van der Waals surface area contributed by atoms with Crippen LogP contribution in [0.3, 0.4) is 0 Å². The lowest BCUT2D eigenvalue weighted by Gasteiger charge is -2.34. The van der Waals surface area contributed by atoms with Crippen molar-refractivity contribution in [1.29, 1.82) is 0 Å². The van der Waals surface area contributed by atoms with E-state index in [-0.39, 0.29) is 11.8 Å². The Kier molecular flexibility index (Phi) is 3.73. The van der Waals surface area contributed by atoms with Crippen molar-refractivity contribution in [3.63, 3.8) is 0 Å². The first-order chi connectivity index (χ1) is 11.3. The smallest absolute Gasteiger partial charge is 0.229 e. The Bertz CT molecular complexity index is 678. The molecule has 1 aromatic carbocycles. The van der Waals surface area contributed by atoms with Gasteiger partial charge in [0.15, 0.2) is 5.82 Å². The Morgan fingerprint density at radius 3 is 2.83 bits per heavy atom. The van der Waals surface area contributed by atoms with Crippen LogP contribution in [0.1, 0.15) is 30.1 Å². The van der Waals surface area contributed by atoms with Crippen molar-refractivity contribution in [1.82, 2.24) is 15.0 Å². The van der Waals surface area contributed by atoms with Crippen LogP contribution in [0.4, 0.5) is 0 Å². The zero-order valence-corrected chi connectivity index (χ0v) is 12.9. The van der Waals surface area contributed by atoms with Crippen LogP contribution in [0.2, 0.25) is 0 Å². The van der Waals surface area contributed by atoms with Gasteiger partial charge in [-0.2, -0.15) is 4.98 Å². The molecule has 0 bridgehead atoms. The third kappa shape index (κ3) is 2.81. The predicted octanol–water partition coefficient (Wildman–Crippen LogP) is 2.03. The van der Waals surface area contributed by atoms with Crippen LogP contribution in [-0.4, -0.2) is 40.6 Å². The highest BCUT2D eigenvalue weighted by atomic mass is 16.5. The highest BCUT2D eigenvalue weighted by Gasteiger charge is 2.32. The third-order valence-corrected chi connectivity index (χ3v) is 4.78. The SMILES string of the molecule is O=C([C@H]1COc2ccccc2C1)N1CCC(c2ncon2)CC1. The number of fused-ring (bicyclic) bond motifs is 1. The van der Waals surface area contributed by atoms with Gasteiger partial charge in [0.1, 0.15) is 12.4 Å². The van der Waals surface area contributed by atoms with E-state index in [1.165, 1.54) is 6.39 Å². The Morgan fingerprint density at radius 1 is 1.22 bits per heavy atom. The van der Waals surface area contributed by atoms with E-state index in [1.807, 2.05) is 29.2 Å². The summed E-state index contributed by atoms with van der Waals surface area (Å²) in [7, 11) is 0. The molecule has 120 valence electrons. The summed E-state index contributed by atoms with van der Waals surface area (Å²) in [5.74, 6) is 2.08. The maximum absolute atomic E-state index is 12.8. The van der Waals surface area contributed by atoms with Crippen LogP contribution in [0.15, 0.2) is 35.2 Å². The lowest BCUT2D eigenvalue weighted by Crippen LogP contribution is -2.44.